The fourth-order valence-electron chi connectivity index (χ4n) is 3.95. The molecule has 0 saturated carbocycles. The van der Waals surface area contributed by atoms with Crippen LogP contribution in [0.4, 0.5) is 5.82 Å². The Morgan fingerprint density at radius 3 is 2.93 bits per heavy atom. The van der Waals surface area contributed by atoms with Crippen molar-refractivity contribution in [1.29, 1.82) is 0 Å². The van der Waals surface area contributed by atoms with Crippen molar-refractivity contribution >= 4 is 23.4 Å². The van der Waals surface area contributed by atoms with Crippen molar-refractivity contribution in [3.8, 4) is 11.8 Å². The first kappa shape index (κ1) is 17.8. The minimum absolute atomic E-state index is 0.235. The molecule has 2 aliphatic rings. The van der Waals surface area contributed by atoms with E-state index in [0.717, 1.165) is 38.0 Å². The molecule has 2 atom stereocenters. The fraction of sp³-hybridized carbons (Fsp3) is 0.333. The number of carboxylic acid groups (broad SMARTS) is 1. The van der Waals surface area contributed by atoms with Crippen LogP contribution >= 0.6 is 11.6 Å². The molecular formula is C21H20ClN3O2. The lowest BCUT2D eigenvalue weighted by atomic mass is 10.1. The van der Waals surface area contributed by atoms with E-state index in [4.69, 9.17) is 11.6 Å². The van der Waals surface area contributed by atoms with Gasteiger partial charge in [-0.25, -0.2) is 9.78 Å². The number of fused-ring (bicyclic) bond motifs is 1. The van der Waals surface area contributed by atoms with Crippen molar-refractivity contribution in [3.05, 3.63) is 58.7 Å². The molecule has 0 unspecified atom stereocenters. The van der Waals surface area contributed by atoms with E-state index < -0.39 is 5.97 Å². The van der Waals surface area contributed by atoms with Crippen LogP contribution in [0.1, 0.15) is 28.8 Å². The van der Waals surface area contributed by atoms with E-state index in [2.05, 4.69) is 26.6 Å². The summed E-state index contributed by atoms with van der Waals surface area (Å²) in [6.45, 7) is 2.39. The molecule has 138 valence electrons. The lowest BCUT2D eigenvalue weighted by Crippen LogP contribution is -2.52. The highest BCUT2D eigenvalue weighted by atomic mass is 35.5. The number of anilines is 1. The van der Waals surface area contributed by atoms with Crippen LogP contribution in [0.2, 0.25) is 5.02 Å². The number of halogens is 1. The Morgan fingerprint density at radius 2 is 2.11 bits per heavy atom. The van der Waals surface area contributed by atoms with Gasteiger partial charge in [0.05, 0.1) is 6.04 Å². The molecule has 1 aromatic heterocycles. The monoisotopic (exact) mass is 381 g/mol. The number of nitrogens with zero attached hydrogens (tertiary/aromatic N) is 3. The highest BCUT2D eigenvalue weighted by Gasteiger charge is 2.37. The smallest absolute Gasteiger partial charge is 0.339 e. The normalized spacial score (nSPS) is 22.0. The predicted octanol–water partition coefficient (Wildman–Crippen LogP) is 3.14. The minimum atomic E-state index is -0.933. The molecule has 1 aromatic carbocycles. The van der Waals surface area contributed by atoms with Crippen LogP contribution in [0.25, 0.3) is 0 Å². The fourth-order valence-corrected chi connectivity index (χ4v) is 4.14. The summed E-state index contributed by atoms with van der Waals surface area (Å²) in [6, 6.07) is 11.5. The van der Waals surface area contributed by atoms with Gasteiger partial charge in [0.1, 0.15) is 11.4 Å². The van der Waals surface area contributed by atoms with Crippen LogP contribution in [0.5, 0.6) is 0 Å². The van der Waals surface area contributed by atoms with E-state index in [1.54, 1.807) is 18.3 Å². The number of aromatic carboxylic acids is 1. The number of piperazine rings is 1. The first-order chi connectivity index (χ1) is 13.1. The zero-order valence-corrected chi connectivity index (χ0v) is 15.6. The van der Waals surface area contributed by atoms with Gasteiger partial charge in [0, 0.05) is 42.5 Å². The van der Waals surface area contributed by atoms with E-state index in [0.29, 0.717) is 16.9 Å². The van der Waals surface area contributed by atoms with Crippen LogP contribution in [0.3, 0.4) is 0 Å². The number of hydrogen-bond donors (Lipinski definition) is 1. The van der Waals surface area contributed by atoms with Crippen LogP contribution in [-0.2, 0) is 0 Å². The first-order valence-electron chi connectivity index (χ1n) is 9.08. The number of carbonyl (C=O) groups is 1. The Morgan fingerprint density at radius 1 is 1.22 bits per heavy atom. The molecule has 0 spiro atoms. The topological polar surface area (TPSA) is 56.7 Å². The number of aromatic nitrogens is 1. The molecule has 2 aromatic rings. The third kappa shape index (κ3) is 3.78. The summed E-state index contributed by atoms with van der Waals surface area (Å²) in [7, 11) is 0. The Balaban J connectivity index is 1.47. The van der Waals surface area contributed by atoms with E-state index in [1.165, 1.54) is 0 Å². The van der Waals surface area contributed by atoms with Gasteiger partial charge in [-0.05, 0) is 43.2 Å². The number of benzene rings is 1. The molecule has 5 nitrogen and oxygen atoms in total. The van der Waals surface area contributed by atoms with Crippen molar-refractivity contribution in [2.75, 3.05) is 24.5 Å². The second kappa shape index (κ2) is 7.59. The first-order valence-corrected chi connectivity index (χ1v) is 9.46. The Bertz CT molecular complexity index is 921. The van der Waals surface area contributed by atoms with Crippen LogP contribution in [0.15, 0.2) is 42.6 Å². The molecule has 2 saturated heterocycles. The van der Waals surface area contributed by atoms with Gasteiger partial charge in [-0.3, -0.25) is 4.90 Å². The summed E-state index contributed by atoms with van der Waals surface area (Å²) >= 11 is 6.03. The van der Waals surface area contributed by atoms with Crippen molar-refractivity contribution in [2.45, 2.75) is 24.9 Å². The second-order valence-corrected chi connectivity index (χ2v) is 7.33. The van der Waals surface area contributed by atoms with Gasteiger partial charge < -0.3 is 10.0 Å². The highest BCUT2D eigenvalue weighted by Crippen LogP contribution is 2.30. The van der Waals surface area contributed by atoms with E-state index in [-0.39, 0.29) is 11.6 Å². The van der Waals surface area contributed by atoms with Crippen LogP contribution in [0, 0.1) is 11.8 Å². The van der Waals surface area contributed by atoms with Crippen LogP contribution in [-0.4, -0.2) is 52.7 Å². The lowest BCUT2D eigenvalue weighted by molar-refractivity contribution is 0.0696. The summed E-state index contributed by atoms with van der Waals surface area (Å²) in [5, 5.41) is 10.1. The number of carboxylic acids is 1. The average molecular weight is 382 g/mol. The highest BCUT2D eigenvalue weighted by molar-refractivity contribution is 6.30. The third-order valence-electron chi connectivity index (χ3n) is 5.23. The summed E-state index contributed by atoms with van der Waals surface area (Å²) in [5.74, 6) is 6.28. The molecule has 0 bridgehead atoms. The molecule has 2 fully saturated rings. The Hall–Kier alpha value is -2.55. The summed E-state index contributed by atoms with van der Waals surface area (Å²) in [4.78, 5) is 20.3. The standard InChI is InChI=1S/C21H20ClN3O2/c22-16-4-1-3-15(13-16)6-7-17-8-9-18-14-24(11-12-25(17)18)20-19(21(26)27)5-2-10-23-20/h1-5,10,13,17-18H,8-9,11-12,14H2,(H,26,27)/t17-,18-/m0/s1. The van der Waals surface area contributed by atoms with Crippen molar-refractivity contribution in [2.24, 2.45) is 0 Å². The molecule has 3 heterocycles. The number of rotatable bonds is 2. The molecular weight excluding hydrogens is 362 g/mol. The van der Waals surface area contributed by atoms with E-state index in [9.17, 15) is 9.90 Å². The summed E-state index contributed by atoms with van der Waals surface area (Å²) in [6.07, 6.45) is 3.74. The molecule has 0 aliphatic carbocycles. The average Bonchev–Trinajstić information content (AvgIpc) is 3.08. The molecule has 2 aliphatic heterocycles. The van der Waals surface area contributed by atoms with Gasteiger partial charge in [-0.15, -0.1) is 0 Å². The van der Waals surface area contributed by atoms with Gasteiger partial charge in [0.15, 0.2) is 0 Å². The third-order valence-corrected chi connectivity index (χ3v) is 5.46. The largest absolute Gasteiger partial charge is 0.478 e. The van der Waals surface area contributed by atoms with Crippen molar-refractivity contribution in [3.63, 3.8) is 0 Å². The number of pyridine rings is 1. The zero-order chi connectivity index (χ0) is 18.8. The van der Waals surface area contributed by atoms with E-state index in [1.807, 2.05) is 24.3 Å². The maximum absolute atomic E-state index is 11.5. The zero-order valence-electron chi connectivity index (χ0n) is 14.8. The molecule has 4 rings (SSSR count). The van der Waals surface area contributed by atoms with Gasteiger partial charge in [0.25, 0.3) is 0 Å². The summed E-state index contributed by atoms with van der Waals surface area (Å²) < 4.78 is 0. The van der Waals surface area contributed by atoms with E-state index >= 15 is 0 Å². The van der Waals surface area contributed by atoms with Crippen molar-refractivity contribution in [1.82, 2.24) is 9.88 Å². The van der Waals surface area contributed by atoms with Gasteiger partial charge in [-0.2, -0.15) is 0 Å². The molecule has 0 amide bonds. The van der Waals surface area contributed by atoms with Gasteiger partial charge >= 0.3 is 5.97 Å². The molecule has 1 N–H and O–H groups in total. The SMILES string of the molecule is O=C(O)c1cccnc1N1CCN2[C@@H](CC[C@@H]2C#Cc2cccc(Cl)c2)C1. The molecule has 6 heteroatoms. The van der Waals surface area contributed by atoms with Crippen LogP contribution < -0.4 is 4.90 Å². The van der Waals surface area contributed by atoms with Gasteiger partial charge in [0.2, 0.25) is 0 Å². The van der Waals surface area contributed by atoms with Crippen molar-refractivity contribution < 1.29 is 9.90 Å². The number of hydrogen-bond acceptors (Lipinski definition) is 4. The lowest BCUT2D eigenvalue weighted by Gasteiger charge is -2.39. The second-order valence-electron chi connectivity index (χ2n) is 6.89. The van der Waals surface area contributed by atoms with Gasteiger partial charge in [-0.1, -0.05) is 29.5 Å². The minimum Gasteiger partial charge on any atom is -0.478 e. The Labute approximate surface area is 163 Å². The maximum Gasteiger partial charge on any atom is 0.339 e. The molecule has 27 heavy (non-hydrogen) atoms. The predicted molar refractivity (Wildman–Crippen MR) is 105 cm³/mol. The Kier molecular flexibility index (Phi) is 5.02. The molecule has 0 radical (unpaired) electrons. The quantitative estimate of drug-likeness (QED) is 0.810. The maximum atomic E-state index is 11.5. The summed E-state index contributed by atoms with van der Waals surface area (Å²) in [5.41, 5.74) is 1.20.